The highest BCUT2D eigenvalue weighted by Crippen LogP contribution is 2.13. The lowest BCUT2D eigenvalue weighted by Crippen LogP contribution is -3.00. The molecule has 0 bridgehead atoms. The molecule has 0 amide bonds. The van der Waals surface area contributed by atoms with E-state index in [0.717, 1.165) is 16.8 Å². The highest BCUT2D eigenvalue weighted by atomic mass is 79.9. The molecule has 21 heavy (non-hydrogen) atoms. The van der Waals surface area contributed by atoms with Gasteiger partial charge in [-0.2, -0.15) is 0 Å². The molecule has 5 nitrogen and oxygen atoms in total. The lowest BCUT2D eigenvalue weighted by molar-refractivity contribution is -0.658. The second kappa shape index (κ2) is 6.49. The minimum atomic E-state index is 0. The van der Waals surface area contributed by atoms with Crippen LogP contribution in [0.1, 0.15) is 0 Å². The molecule has 0 atom stereocenters. The number of aromatic nitrogens is 2. The van der Waals surface area contributed by atoms with Gasteiger partial charge >= 0.3 is 5.95 Å². The number of benzene rings is 2. The maximum Gasteiger partial charge on any atom is 0.378 e. The Kier molecular flexibility index (Phi) is 4.70. The van der Waals surface area contributed by atoms with Crippen LogP contribution in [0.25, 0.3) is 11.0 Å². The first kappa shape index (κ1) is 15.2. The molecular formula is C15H17BrN4O. The van der Waals surface area contributed by atoms with E-state index in [4.69, 9.17) is 16.3 Å². The molecule has 1 aromatic heterocycles. The number of hydrogen-bond acceptors (Lipinski definition) is 3. The zero-order valence-electron chi connectivity index (χ0n) is 11.4. The average Bonchev–Trinajstić information content (AvgIpc) is 2.74. The van der Waals surface area contributed by atoms with Crippen molar-refractivity contribution < 1.29 is 26.3 Å². The molecule has 0 saturated heterocycles. The Morgan fingerprint density at radius 1 is 1.00 bits per heavy atom. The molecule has 1 heterocycles. The van der Waals surface area contributed by atoms with Gasteiger partial charge in [0, 0.05) is 0 Å². The van der Waals surface area contributed by atoms with Gasteiger partial charge in [0.1, 0.15) is 24.4 Å². The summed E-state index contributed by atoms with van der Waals surface area (Å²) in [6.07, 6.45) is 0. The van der Waals surface area contributed by atoms with Gasteiger partial charge in [-0.25, -0.2) is 4.57 Å². The molecule has 3 rings (SSSR count). The van der Waals surface area contributed by atoms with E-state index < -0.39 is 0 Å². The predicted molar refractivity (Wildman–Crippen MR) is 78.6 cm³/mol. The maximum absolute atomic E-state index is 6.04. The highest BCUT2D eigenvalue weighted by molar-refractivity contribution is 5.73. The van der Waals surface area contributed by atoms with Crippen LogP contribution in [0.3, 0.4) is 0 Å². The SMILES string of the molecule is Nc1n(N)c2ccccc2[n+]1CCOc1ccccc1.[Br-]. The minimum absolute atomic E-state index is 0. The van der Waals surface area contributed by atoms with Crippen molar-refractivity contribution in [3.8, 4) is 5.75 Å². The number of nitrogen functional groups attached to an aromatic ring is 2. The Morgan fingerprint density at radius 2 is 1.67 bits per heavy atom. The third-order valence-corrected chi connectivity index (χ3v) is 3.28. The first-order chi connectivity index (χ1) is 9.77. The molecule has 3 aromatic rings. The van der Waals surface area contributed by atoms with E-state index in [1.54, 1.807) is 0 Å². The molecule has 0 radical (unpaired) electrons. The van der Waals surface area contributed by atoms with Crippen molar-refractivity contribution in [3.63, 3.8) is 0 Å². The monoisotopic (exact) mass is 348 g/mol. The van der Waals surface area contributed by atoms with Gasteiger partial charge in [0.05, 0.1) is 0 Å². The van der Waals surface area contributed by atoms with Gasteiger partial charge in [-0.1, -0.05) is 30.3 Å². The van der Waals surface area contributed by atoms with E-state index >= 15 is 0 Å². The molecule has 4 N–H and O–H groups in total. The summed E-state index contributed by atoms with van der Waals surface area (Å²) < 4.78 is 9.15. The average molecular weight is 349 g/mol. The second-order valence-electron chi connectivity index (χ2n) is 4.53. The fourth-order valence-corrected chi connectivity index (χ4v) is 2.28. The van der Waals surface area contributed by atoms with Gasteiger partial charge in [-0.05, 0) is 24.3 Å². The lowest BCUT2D eigenvalue weighted by atomic mass is 10.3. The highest BCUT2D eigenvalue weighted by Gasteiger charge is 2.18. The van der Waals surface area contributed by atoms with E-state index in [9.17, 15) is 0 Å². The number of rotatable bonds is 4. The standard InChI is InChI=1S/C15H16N4O.BrH/c16-15-18(10-11-20-12-6-2-1-3-7-12)13-8-4-5-9-14(13)19(15)17;/h1-9,16H,10-11,17H2;1H. The molecule has 6 heteroatoms. The summed E-state index contributed by atoms with van der Waals surface area (Å²) in [4.78, 5) is 0. The smallest absolute Gasteiger partial charge is 0.378 e. The molecular weight excluding hydrogens is 332 g/mol. The molecule has 0 spiro atoms. The van der Waals surface area contributed by atoms with Crippen LogP contribution in [0.4, 0.5) is 5.95 Å². The van der Waals surface area contributed by atoms with Gasteiger partial charge in [-0.15, -0.1) is 4.68 Å². The number of ether oxygens (including phenoxy) is 1. The summed E-state index contributed by atoms with van der Waals surface area (Å²) in [6, 6.07) is 17.6. The summed E-state index contributed by atoms with van der Waals surface area (Å²) in [7, 11) is 0. The number of nitrogens with two attached hydrogens (primary N) is 2. The Labute approximate surface area is 133 Å². The van der Waals surface area contributed by atoms with E-state index in [2.05, 4.69) is 0 Å². The molecule has 110 valence electrons. The number of anilines is 1. The van der Waals surface area contributed by atoms with E-state index in [1.165, 1.54) is 4.68 Å². The number of para-hydroxylation sites is 3. The van der Waals surface area contributed by atoms with Crippen molar-refractivity contribution in [3.05, 3.63) is 54.6 Å². The first-order valence-electron chi connectivity index (χ1n) is 6.49. The molecule has 0 aliphatic carbocycles. The van der Waals surface area contributed by atoms with Crippen LogP contribution < -0.4 is 37.9 Å². The third-order valence-electron chi connectivity index (χ3n) is 3.28. The van der Waals surface area contributed by atoms with Gasteiger partial charge in [0.2, 0.25) is 0 Å². The van der Waals surface area contributed by atoms with Gasteiger partial charge in [0.25, 0.3) is 0 Å². The Bertz CT molecular complexity index is 727. The lowest BCUT2D eigenvalue weighted by Gasteiger charge is -2.05. The second-order valence-corrected chi connectivity index (χ2v) is 4.53. The Morgan fingerprint density at radius 3 is 2.43 bits per heavy atom. The van der Waals surface area contributed by atoms with Gasteiger partial charge < -0.3 is 21.7 Å². The molecule has 0 saturated carbocycles. The van der Waals surface area contributed by atoms with Crippen molar-refractivity contribution in [2.45, 2.75) is 6.54 Å². The maximum atomic E-state index is 6.04. The summed E-state index contributed by atoms with van der Waals surface area (Å²) in [6.45, 7) is 1.18. The molecule has 2 aromatic carbocycles. The van der Waals surface area contributed by atoms with Crippen LogP contribution in [0, 0.1) is 0 Å². The summed E-state index contributed by atoms with van der Waals surface area (Å²) in [5, 5.41) is 0. The van der Waals surface area contributed by atoms with E-state index in [-0.39, 0.29) is 17.0 Å². The van der Waals surface area contributed by atoms with E-state index in [1.807, 2.05) is 59.2 Å². The van der Waals surface area contributed by atoms with Crippen molar-refractivity contribution >= 4 is 17.0 Å². The van der Waals surface area contributed by atoms with Crippen molar-refractivity contribution in [2.24, 2.45) is 0 Å². The predicted octanol–water partition coefficient (Wildman–Crippen LogP) is -1.69. The fourth-order valence-electron chi connectivity index (χ4n) is 2.28. The van der Waals surface area contributed by atoms with Crippen molar-refractivity contribution in [2.75, 3.05) is 18.2 Å². The van der Waals surface area contributed by atoms with Gasteiger partial charge in [-0.3, -0.25) is 11.6 Å². The summed E-state index contributed by atoms with van der Waals surface area (Å²) >= 11 is 0. The molecule has 0 aliphatic rings. The van der Waals surface area contributed by atoms with Crippen LogP contribution in [-0.4, -0.2) is 11.3 Å². The largest absolute Gasteiger partial charge is 1.00 e. The number of halogens is 1. The quantitative estimate of drug-likeness (QED) is 0.436. The van der Waals surface area contributed by atoms with Crippen LogP contribution >= 0.6 is 0 Å². The van der Waals surface area contributed by atoms with Crippen molar-refractivity contribution in [1.82, 2.24) is 4.68 Å². The number of hydrogen-bond donors (Lipinski definition) is 2. The molecule has 0 aliphatic heterocycles. The topological polar surface area (TPSA) is 70.1 Å². The van der Waals surface area contributed by atoms with Crippen LogP contribution in [0.5, 0.6) is 5.75 Å². The minimum Gasteiger partial charge on any atom is -1.00 e. The molecule has 0 unspecified atom stereocenters. The third kappa shape index (κ3) is 2.95. The van der Waals surface area contributed by atoms with Crippen LogP contribution in [0.2, 0.25) is 0 Å². The van der Waals surface area contributed by atoms with Crippen LogP contribution in [-0.2, 0) is 6.54 Å². The zero-order chi connectivity index (χ0) is 13.9. The molecule has 0 fully saturated rings. The Balaban J connectivity index is 0.00000161. The van der Waals surface area contributed by atoms with Crippen molar-refractivity contribution in [1.29, 1.82) is 0 Å². The summed E-state index contributed by atoms with van der Waals surface area (Å²) in [5.74, 6) is 7.32. The number of fused-ring (bicyclic) bond motifs is 1. The normalized spacial score (nSPS) is 10.3. The van der Waals surface area contributed by atoms with Crippen LogP contribution in [0.15, 0.2) is 54.6 Å². The first-order valence-corrected chi connectivity index (χ1v) is 6.49. The van der Waals surface area contributed by atoms with Gasteiger partial charge in [0.15, 0.2) is 5.52 Å². The number of imidazole rings is 1. The number of nitrogens with zero attached hydrogens (tertiary/aromatic N) is 2. The Hall–Kier alpha value is -2.21. The van der Waals surface area contributed by atoms with E-state index in [0.29, 0.717) is 19.1 Å². The zero-order valence-corrected chi connectivity index (χ0v) is 13.0. The summed E-state index contributed by atoms with van der Waals surface area (Å²) in [5.41, 5.74) is 7.95. The fraction of sp³-hybridized carbons (Fsp3) is 0.133.